The smallest absolute Gasteiger partial charge is 0.0576 e. The van der Waals surface area contributed by atoms with Crippen molar-refractivity contribution in [2.24, 2.45) is 0 Å². The Kier molecular flexibility index (Phi) is 6.24. The summed E-state index contributed by atoms with van der Waals surface area (Å²) in [5.74, 6) is 0. The van der Waals surface area contributed by atoms with Gasteiger partial charge in [-0.25, -0.2) is 0 Å². The van der Waals surface area contributed by atoms with Crippen LogP contribution < -0.4 is 5.32 Å². The van der Waals surface area contributed by atoms with Gasteiger partial charge in [-0.1, -0.05) is 44.7 Å². The highest BCUT2D eigenvalue weighted by Crippen LogP contribution is 2.25. The molecule has 0 bridgehead atoms. The van der Waals surface area contributed by atoms with Gasteiger partial charge < -0.3 is 5.32 Å². The van der Waals surface area contributed by atoms with Gasteiger partial charge in [-0.15, -0.1) is 0 Å². The molecule has 3 unspecified atom stereocenters. The zero-order valence-electron chi connectivity index (χ0n) is 12.7. The highest BCUT2D eigenvalue weighted by atomic mass is 32.2. The fraction of sp³-hybridized carbons (Fsp3) is 0.647. The van der Waals surface area contributed by atoms with E-state index in [4.69, 9.17) is 0 Å². The van der Waals surface area contributed by atoms with Crippen molar-refractivity contribution in [2.75, 3.05) is 6.54 Å². The molecule has 0 spiro atoms. The molecule has 1 aliphatic rings. The zero-order chi connectivity index (χ0) is 14.4. The Morgan fingerprint density at radius 2 is 1.95 bits per heavy atom. The minimum absolute atomic E-state index is 0.261. The first-order valence-corrected chi connectivity index (χ1v) is 9.14. The first-order valence-electron chi connectivity index (χ1n) is 7.93. The Morgan fingerprint density at radius 1 is 1.20 bits per heavy atom. The molecule has 0 radical (unpaired) electrons. The molecule has 20 heavy (non-hydrogen) atoms. The van der Waals surface area contributed by atoms with Crippen LogP contribution in [0.4, 0.5) is 0 Å². The van der Waals surface area contributed by atoms with Crippen LogP contribution in [0, 0.1) is 6.92 Å². The molecule has 3 heteroatoms. The Bertz CT molecular complexity index is 446. The molecule has 1 saturated carbocycles. The summed E-state index contributed by atoms with van der Waals surface area (Å²) in [6.45, 7) is 5.18. The van der Waals surface area contributed by atoms with E-state index >= 15 is 0 Å². The van der Waals surface area contributed by atoms with E-state index in [0.717, 1.165) is 24.3 Å². The van der Waals surface area contributed by atoms with Crippen molar-refractivity contribution in [2.45, 2.75) is 68.6 Å². The summed E-state index contributed by atoms with van der Waals surface area (Å²) in [6, 6.07) is 8.60. The second kappa shape index (κ2) is 7.94. The van der Waals surface area contributed by atoms with Crippen LogP contribution in [-0.2, 0) is 10.8 Å². The van der Waals surface area contributed by atoms with Crippen molar-refractivity contribution in [1.82, 2.24) is 5.32 Å². The lowest BCUT2D eigenvalue weighted by Gasteiger charge is -2.29. The fourth-order valence-electron chi connectivity index (χ4n) is 3.12. The van der Waals surface area contributed by atoms with Gasteiger partial charge >= 0.3 is 0 Å². The topological polar surface area (TPSA) is 29.1 Å². The number of nitrogens with one attached hydrogen (secondary N) is 1. The molecular formula is C17H27NOS. The normalized spacial score (nSPS) is 25.7. The molecule has 1 aliphatic carbocycles. The molecule has 1 aromatic carbocycles. The van der Waals surface area contributed by atoms with Crippen molar-refractivity contribution in [1.29, 1.82) is 0 Å². The van der Waals surface area contributed by atoms with Crippen molar-refractivity contribution < 1.29 is 4.21 Å². The minimum Gasteiger partial charge on any atom is -0.313 e. The molecule has 1 fully saturated rings. The Hall–Kier alpha value is -0.670. The standard InChI is InChI=1S/C17H27NOS/c1-3-18-16-11-6-4-5-7-12-17(16)20(19)15-10-8-9-14(2)13-15/h8-10,13,16-18H,3-7,11-12H2,1-2H3. The number of hydrogen-bond acceptors (Lipinski definition) is 2. The second-order valence-electron chi connectivity index (χ2n) is 5.81. The average Bonchev–Trinajstić information content (AvgIpc) is 2.42. The minimum atomic E-state index is -0.893. The van der Waals surface area contributed by atoms with E-state index in [2.05, 4.69) is 31.3 Å². The van der Waals surface area contributed by atoms with Gasteiger partial charge in [-0.3, -0.25) is 4.21 Å². The Morgan fingerprint density at radius 3 is 2.65 bits per heavy atom. The Labute approximate surface area is 125 Å². The maximum absolute atomic E-state index is 13.0. The van der Waals surface area contributed by atoms with Gasteiger partial charge in [0.1, 0.15) is 0 Å². The Balaban J connectivity index is 2.17. The van der Waals surface area contributed by atoms with E-state index in [9.17, 15) is 4.21 Å². The number of aryl methyl sites for hydroxylation is 1. The molecular weight excluding hydrogens is 266 g/mol. The maximum Gasteiger partial charge on any atom is 0.0576 e. The lowest BCUT2D eigenvalue weighted by Crippen LogP contribution is -2.42. The van der Waals surface area contributed by atoms with Gasteiger partial charge in [0.25, 0.3) is 0 Å². The molecule has 0 saturated heterocycles. The van der Waals surface area contributed by atoms with E-state index in [1.54, 1.807) is 0 Å². The first kappa shape index (κ1) is 15.7. The van der Waals surface area contributed by atoms with Crippen LogP contribution >= 0.6 is 0 Å². The zero-order valence-corrected chi connectivity index (χ0v) is 13.5. The third-order valence-corrected chi connectivity index (χ3v) is 6.00. The summed E-state index contributed by atoms with van der Waals surface area (Å²) < 4.78 is 13.0. The van der Waals surface area contributed by atoms with Gasteiger partial charge in [0.05, 0.1) is 16.0 Å². The summed E-state index contributed by atoms with van der Waals surface area (Å²) in [7, 11) is -0.893. The fourth-order valence-corrected chi connectivity index (χ4v) is 4.89. The van der Waals surface area contributed by atoms with E-state index < -0.39 is 10.8 Å². The molecule has 1 N–H and O–H groups in total. The molecule has 2 nitrogen and oxygen atoms in total. The van der Waals surface area contributed by atoms with Crippen molar-refractivity contribution in [3.8, 4) is 0 Å². The predicted molar refractivity (Wildman–Crippen MR) is 86.5 cm³/mol. The third kappa shape index (κ3) is 4.16. The van der Waals surface area contributed by atoms with Gasteiger partial charge in [0.2, 0.25) is 0 Å². The van der Waals surface area contributed by atoms with Crippen LogP contribution in [0.25, 0.3) is 0 Å². The van der Waals surface area contributed by atoms with Gasteiger partial charge in [0.15, 0.2) is 0 Å². The van der Waals surface area contributed by atoms with Crippen LogP contribution in [0.3, 0.4) is 0 Å². The summed E-state index contributed by atoms with van der Waals surface area (Å²) in [5.41, 5.74) is 1.20. The van der Waals surface area contributed by atoms with Gasteiger partial charge in [-0.05, 0) is 44.0 Å². The quantitative estimate of drug-likeness (QED) is 0.915. The maximum atomic E-state index is 13.0. The van der Waals surface area contributed by atoms with Crippen LogP contribution in [0.2, 0.25) is 0 Å². The molecule has 0 aliphatic heterocycles. The molecule has 0 heterocycles. The van der Waals surface area contributed by atoms with E-state index in [1.807, 2.05) is 12.1 Å². The third-order valence-electron chi connectivity index (χ3n) is 4.17. The number of benzene rings is 1. The average molecular weight is 293 g/mol. The second-order valence-corrected chi connectivity index (χ2v) is 7.48. The summed E-state index contributed by atoms with van der Waals surface area (Å²) in [5, 5.41) is 3.84. The highest BCUT2D eigenvalue weighted by Gasteiger charge is 2.28. The first-order chi connectivity index (χ1) is 9.72. The van der Waals surface area contributed by atoms with Crippen LogP contribution in [-0.4, -0.2) is 22.0 Å². The van der Waals surface area contributed by atoms with E-state index in [0.29, 0.717) is 6.04 Å². The summed E-state index contributed by atoms with van der Waals surface area (Å²) in [6.07, 6.45) is 7.34. The van der Waals surface area contributed by atoms with E-state index in [-0.39, 0.29) is 5.25 Å². The van der Waals surface area contributed by atoms with Crippen molar-refractivity contribution in [3.63, 3.8) is 0 Å². The lowest BCUT2D eigenvalue weighted by atomic mass is 9.96. The lowest BCUT2D eigenvalue weighted by molar-refractivity contribution is 0.400. The van der Waals surface area contributed by atoms with Crippen LogP contribution in [0.1, 0.15) is 51.0 Å². The molecule has 2 rings (SSSR count). The molecule has 112 valence electrons. The number of hydrogen-bond donors (Lipinski definition) is 1. The number of rotatable bonds is 4. The highest BCUT2D eigenvalue weighted by molar-refractivity contribution is 7.85. The monoisotopic (exact) mass is 293 g/mol. The SMILES string of the molecule is CCNC1CCCCCCC1S(=O)c1cccc(C)c1. The predicted octanol–water partition coefficient (Wildman–Crippen LogP) is 3.80. The summed E-state index contributed by atoms with van der Waals surface area (Å²) >= 11 is 0. The molecule has 3 atom stereocenters. The van der Waals surface area contributed by atoms with Crippen LogP contribution in [0.5, 0.6) is 0 Å². The van der Waals surface area contributed by atoms with E-state index in [1.165, 1.54) is 31.2 Å². The van der Waals surface area contributed by atoms with Crippen molar-refractivity contribution >= 4 is 10.8 Å². The molecule has 1 aromatic rings. The summed E-state index contributed by atoms with van der Waals surface area (Å²) in [4.78, 5) is 0.999. The van der Waals surface area contributed by atoms with Crippen molar-refractivity contribution in [3.05, 3.63) is 29.8 Å². The van der Waals surface area contributed by atoms with Crippen LogP contribution in [0.15, 0.2) is 29.2 Å². The largest absolute Gasteiger partial charge is 0.313 e. The molecule has 0 amide bonds. The van der Waals surface area contributed by atoms with Gasteiger partial charge in [0, 0.05) is 10.9 Å². The molecule has 0 aromatic heterocycles. The van der Waals surface area contributed by atoms with Gasteiger partial charge in [-0.2, -0.15) is 0 Å².